The number of nitriles is 1. The smallest absolute Gasteiger partial charge is 0.243 e. The predicted octanol–water partition coefficient (Wildman–Crippen LogP) is 0.932. The van der Waals surface area contributed by atoms with Crippen LogP contribution in [-0.2, 0) is 10.0 Å². The number of nitrogens with zero attached hydrogens (tertiary/aromatic N) is 2. The van der Waals surface area contributed by atoms with Gasteiger partial charge in [0.2, 0.25) is 10.0 Å². The van der Waals surface area contributed by atoms with Crippen LogP contribution in [0.25, 0.3) is 0 Å². The van der Waals surface area contributed by atoms with Gasteiger partial charge in [-0.3, -0.25) is 0 Å². The second-order valence-electron chi connectivity index (χ2n) is 5.64. The Morgan fingerprint density at radius 3 is 2.20 bits per heavy atom. The van der Waals surface area contributed by atoms with E-state index in [-0.39, 0.29) is 4.90 Å². The molecule has 0 aromatic heterocycles. The lowest BCUT2D eigenvalue weighted by Crippen LogP contribution is -2.58. The van der Waals surface area contributed by atoms with E-state index in [1.807, 2.05) is 6.07 Å². The highest BCUT2D eigenvalue weighted by atomic mass is 32.2. The zero-order chi connectivity index (χ0) is 14.2. The van der Waals surface area contributed by atoms with Gasteiger partial charge in [-0.2, -0.15) is 9.57 Å². The average molecular weight is 291 g/mol. The molecule has 1 spiro atoms. The fourth-order valence-electron chi connectivity index (χ4n) is 2.88. The van der Waals surface area contributed by atoms with E-state index in [4.69, 9.17) is 5.26 Å². The molecule has 0 atom stereocenters. The molecule has 20 heavy (non-hydrogen) atoms. The van der Waals surface area contributed by atoms with Crippen LogP contribution in [0.1, 0.15) is 18.4 Å². The van der Waals surface area contributed by atoms with Gasteiger partial charge in [-0.05, 0) is 42.5 Å². The summed E-state index contributed by atoms with van der Waals surface area (Å²) in [6, 6.07) is 8.13. The highest BCUT2D eigenvalue weighted by molar-refractivity contribution is 7.89. The van der Waals surface area contributed by atoms with Gasteiger partial charge in [-0.1, -0.05) is 0 Å². The molecule has 0 aliphatic carbocycles. The number of nitrogens with one attached hydrogen (secondary N) is 1. The molecular weight excluding hydrogens is 274 g/mol. The van der Waals surface area contributed by atoms with E-state index in [0.717, 1.165) is 25.9 Å². The first-order valence-corrected chi connectivity index (χ1v) is 8.21. The molecule has 2 fully saturated rings. The van der Waals surface area contributed by atoms with Crippen LogP contribution in [0.2, 0.25) is 0 Å². The van der Waals surface area contributed by atoms with E-state index in [9.17, 15) is 8.42 Å². The fourth-order valence-corrected chi connectivity index (χ4v) is 4.32. The van der Waals surface area contributed by atoms with Crippen molar-refractivity contribution < 1.29 is 8.42 Å². The first-order chi connectivity index (χ1) is 9.56. The minimum Gasteiger partial charge on any atom is -0.316 e. The van der Waals surface area contributed by atoms with Crippen molar-refractivity contribution in [1.29, 1.82) is 5.26 Å². The standard InChI is InChI=1S/C14H17N3O2S/c15-9-12-1-3-13(4-2-12)20(18,19)17-7-5-14(6-8-17)10-16-11-14/h1-4,16H,5-8,10-11H2. The Balaban J connectivity index is 1.76. The molecule has 1 aromatic carbocycles. The Bertz CT molecular complexity index is 632. The topological polar surface area (TPSA) is 73.2 Å². The second-order valence-corrected chi connectivity index (χ2v) is 7.58. The Kier molecular flexibility index (Phi) is 3.28. The van der Waals surface area contributed by atoms with Crippen molar-refractivity contribution in [1.82, 2.24) is 9.62 Å². The first-order valence-electron chi connectivity index (χ1n) is 6.77. The van der Waals surface area contributed by atoms with Crippen LogP contribution >= 0.6 is 0 Å². The molecule has 2 aliphatic rings. The Hall–Kier alpha value is -1.42. The van der Waals surface area contributed by atoms with Gasteiger partial charge in [0.1, 0.15) is 0 Å². The maximum Gasteiger partial charge on any atom is 0.243 e. The van der Waals surface area contributed by atoms with Crippen molar-refractivity contribution in [2.24, 2.45) is 5.41 Å². The van der Waals surface area contributed by atoms with Gasteiger partial charge in [0, 0.05) is 26.2 Å². The third-order valence-electron chi connectivity index (χ3n) is 4.40. The van der Waals surface area contributed by atoms with Crippen LogP contribution in [0.4, 0.5) is 0 Å². The summed E-state index contributed by atoms with van der Waals surface area (Å²) >= 11 is 0. The molecule has 2 heterocycles. The van der Waals surface area contributed by atoms with E-state index < -0.39 is 10.0 Å². The number of benzene rings is 1. The lowest BCUT2D eigenvalue weighted by atomic mass is 9.74. The minimum atomic E-state index is -3.42. The number of hydrogen-bond acceptors (Lipinski definition) is 4. The van der Waals surface area contributed by atoms with E-state index >= 15 is 0 Å². The molecule has 2 saturated heterocycles. The summed E-state index contributed by atoms with van der Waals surface area (Å²) in [6.45, 7) is 3.20. The molecule has 3 rings (SSSR count). The molecule has 0 amide bonds. The molecule has 0 bridgehead atoms. The normalized spacial score (nSPS) is 22.1. The summed E-state index contributed by atoms with van der Waals surface area (Å²) in [5.74, 6) is 0. The molecule has 1 aromatic rings. The van der Waals surface area contributed by atoms with Gasteiger partial charge in [0.15, 0.2) is 0 Å². The number of sulfonamides is 1. The SMILES string of the molecule is N#Cc1ccc(S(=O)(=O)N2CCC3(CC2)CNC3)cc1. The maximum atomic E-state index is 12.5. The van der Waals surface area contributed by atoms with Gasteiger partial charge in [-0.15, -0.1) is 0 Å². The molecule has 6 heteroatoms. The summed E-state index contributed by atoms with van der Waals surface area (Å²) in [5.41, 5.74) is 0.804. The number of rotatable bonds is 2. The summed E-state index contributed by atoms with van der Waals surface area (Å²) in [5, 5.41) is 12.0. The summed E-state index contributed by atoms with van der Waals surface area (Å²) in [7, 11) is -3.42. The largest absolute Gasteiger partial charge is 0.316 e. The van der Waals surface area contributed by atoms with Crippen LogP contribution in [0.3, 0.4) is 0 Å². The van der Waals surface area contributed by atoms with E-state index in [0.29, 0.717) is 24.1 Å². The van der Waals surface area contributed by atoms with Crippen LogP contribution in [-0.4, -0.2) is 38.9 Å². The van der Waals surface area contributed by atoms with Crippen molar-refractivity contribution in [3.8, 4) is 6.07 Å². The zero-order valence-electron chi connectivity index (χ0n) is 11.2. The summed E-state index contributed by atoms with van der Waals surface area (Å²) in [6.07, 6.45) is 1.85. The van der Waals surface area contributed by atoms with Crippen LogP contribution in [0, 0.1) is 16.7 Å². The summed E-state index contributed by atoms with van der Waals surface area (Å²) < 4.78 is 26.6. The first kappa shape index (κ1) is 13.6. The highest BCUT2D eigenvalue weighted by Gasteiger charge is 2.42. The minimum absolute atomic E-state index is 0.277. The second kappa shape index (κ2) is 4.85. The van der Waals surface area contributed by atoms with Gasteiger partial charge < -0.3 is 5.32 Å². The molecule has 5 nitrogen and oxygen atoms in total. The number of piperidine rings is 1. The predicted molar refractivity (Wildman–Crippen MR) is 74.5 cm³/mol. The summed E-state index contributed by atoms with van der Waals surface area (Å²) in [4.78, 5) is 0.277. The highest BCUT2D eigenvalue weighted by Crippen LogP contribution is 2.36. The Morgan fingerprint density at radius 2 is 1.75 bits per heavy atom. The van der Waals surface area contributed by atoms with Crippen molar-refractivity contribution in [3.05, 3.63) is 29.8 Å². The van der Waals surface area contributed by atoms with Crippen molar-refractivity contribution in [3.63, 3.8) is 0 Å². The van der Waals surface area contributed by atoms with Gasteiger partial charge >= 0.3 is 0 Å². The van der Waals surface area contributed by atoms with Gasteiger partial charge in [0.25, 0.3) is 0 Å². The quantitative estimate of drug-likeness (QED) is 0.880. The van der Waals surface area contributed by atoms with Crippen molar-refractivity contribution in [2.75, 3.05) is 26.2 Å². The lowest BCUT2D eigenvalue weighted by Gasteiger charge is -2.47. The fraction of sp³-hybridized carbons (Fsp3) is 0.500. The maximum absolute atomic E-state index is 12.5. The zero-order valence-corrected chi connectivity index (χ0v) is 12.0. The van der Waals surface area contributed by atoms with Crippen LogP contribution in [0.5, 0.6) is 0 Å². The van der Waals surface area contributed by atoms with Crippen LogP contribution in [0.15, 0.2) is 29.2 Å². The molecule has 2 aliphatic heterocycles. The van der Waals surface area contributed by atoms with E-state index in [1.54, 1.807) is 16.4 Å². The third-order valence-corrected chi connectivity index (χ3v) is 6.32. The Morgan fingerprint density at radius 1 is 1.15 bits per heavy atom. The Labute approximate surface area is 119 Å². The van der Waals surface area contributed by atoms with Crippen molar-refractivity contribution in [2.45, 2.75) is 17.7 Å². The monoisotopic (exact) mass is 291 g/mol. The van der Waals surface area contributed by atoms with Gasteiger partial charge in [-0.25, -0.2) is 8.42 Å². The molecule has 0 unspecified atom stereocenters. The molecular formula is C14H17N3O2S. The molecule has 0 saturated carbocycles. The average Bonchev–Trinajstić information content (AvgIpc) is 2.46. The number of hydrogen-bond donors (Lipinski definition) is 1. The molecule has 106 valence electrons. The van der Waals surface area contributed by atoms with Gasteiger partial charge in [0.05, 0.1) is 16.5 Å². The lowest BCUT2D eigenvalue weighted by molar-refractivity contribution is 0.0871. The molecule has 0 radical (unpaired) electrons. The van der Waals surface area contributed by atoms with Crippen molar-refractivity contribution >= 4 is 10.0 Å². The third kappa shape index (κ3) is 2.22. The van der Waals surface area contributed by atoms with Crippen LogP contribution < -0.4 is 5.32 Å². The van der Waals surface area contributed by atoms with E-state index in [1.165, 1.54) is 12.1 Å². The van der Waals surface area contributed by atoms with E-state index in [2.05, 4.69) is 5.32 Å². The molecule has 1 N–H and O–H groups in total.